The highest BCUT2D eigenvalue weighted by Gasteiger charge is 2.25. The summed E-state index contributed by atoms with van der Waals surface area (Å²) in [6.07, 6.45) is 3.36. The van der Waals surface area contributed by atoms with Gasteiger partial charge in [0.05, 0.1) is 6.10 Å². The largest absolute Gasteiger partial charge is 0.454 e. The van der Waals surface area contributed by atoms with Crippen LogP contribution in [0.15, 0.2) is 30.3 Å². The van der Waals surface area contributed by atoms with E-state index in [1.165, 1.54) is 16.6 Å². The highest BCUT2D eigenvalue weighted by molar-refractivity contribution is 5.84. The van der Waals surface area contributed by atoms with Gasteiger partial charge in [0.2, 0.25) is 6.79 Å². The summed E-state index contributed by atoms with van der Waals surface area (Å²) in [4.78, 5) is 4.86. The molecule has 2 aromatic heterocycles. The predicted molar refractivity (Wildman–Crippen MR) is 99.4 cm³/mol. The summed E-state index contributed by atoms with van der Waals surface area (Å²) < 4.78 is 18.6. The molecule has 2 aliphatic rings. The van der Waals surface area contributed by atoms with Crippen molar-refractivity contribution in [2.24, 2.45) is 7.05 Å². The Morgan fingerprint density at radius 3 is 2.96 bits per heavy atom. The molecular weight excluding hydrogens is 330 g/mol. The van der Waals surface area contributed by atoms with E-state index in [-0.39, 0.29) is 6.79 Å². The van der Waals surface area contributed by atoms with Crippen LogP contribution in [0.4, 0.5) is 11.5 Å². The first-order valence-electron chi connectivity index (χ1n) is 8.89. The maximum absolute atomic E-state index is 5.58. The van der Waals surface area contributed by atoms with E-state index in [0.717, 1.165) is 47.9 Å². The lowest BCUT2D eigenvalue weighted by Gasteiger charge is -2.21. The number of hydrogen-bond acceptors (Lipinski definition) is 5. The number of pyridine rings is 1. The van der Waals surface area contributed by atoms with Crippen LogP contribution in [-0.4, -0.2) is 29.6 Å². The number of rotatable bonds is 3. The van der Waals surface area contributed by atoms with Crippen molar-refractivity contribution in [3.8, 4) is 11.5 Å². The SMILES string of the molecule is COC1CCc2c(c3ccc(Nc4ccc5c(c4)OCO5)nc3n2C)C1. The average Bonchev–Trinajstić information content (AvgIpc) is 3.24. The van der Waals surface area contributed by atoms with Crippen molar-refractivity contribution >= 4 is 22.5 Å². The standard InChI is InChI=1S/C20H21N3O3/c1-23-16-6-4-13(24-2)10-15(16)14-5-8-19(22-20(14)23)21-12-3-7-17-18(9-12)26-11-25-17/h3,5,7-9,13H,4,6,10-11H2,1-2H3,(H,21,22). The van der Waals surface area contributed by atoms with E-state index in [4.69, 9.17) is 19.2 Å². The summed E-state index contributed by atoms with van der Waals surface area (Å²) in [6.45, 7) is 0.278. The molecular formula is C20H21N3O3. The van der Waals surface area contributed by atoms with Gasteiger partial charge >= 0.3 is 0 Å². The van der Waals surface area contributed by atoms with E-state index in [1.54, 1.807) is 7.11 Å². The van der Waals surface area contributed by atoms with Crippen LogP contribution in [0.5, 0.6) is 11.5 Å². The Morgan fingerprint density at radius 2 is 2.08 bits per heavy atom. The topological polar surface area (TPSA) is 57.5 Å². The van der Waals surface area contributed by atoms with Crippen molar-refractivity contribution in [3.05, 3.63) is 41.6 Å². The Bertz CT molecular complexity index is 996. The van der Waals surface area contributed by atoms with Gasteiger partial charge < -0.3 is 24.1 Å². The molecule has 1 N–H and O–H groups in total. The zero-order valence-corrected chi connectivity index (χ0v) is 14.9. The van der Waals surface area contributed by atoms with Crippen molar-refractivity contribution in [1.29, 1.82) is 0 Å². The van der Waals surface area contributed by atoms with Gasteiger partial charge in [0.15, 0.2) is 11.5 Å². The van der Waals surface area contributed by atoms with Crippen LogP contribution in [0.1, 0.15) is 17.7 Å². The summed E-state index contributed by atoms with van der Waals surface area (Å²) in [5.74, 6) is 2.36. The summed E-state index contributed by atoms with van der Waals surface area (Å²) in [6, 6.07) is 10.0. The van der Waals surface area contributed by atoms with Gasteiger partial charge in [-0.2, -0.15) is 0 Å². The second kappa shape index (κ2) is 5.92. The number of aryl methyl sites for hydroxylation is 1. The molecule has 0 saturated heterocycles. The van der Waals surface area contributed by atoms with Gasteiger partial charge in [-0.1, -0.05) is 0 Å². The second-order valence-electron chi connectivity index (χ2n) is 6.85. The third-order valence-electron chi connectivity index (χ3n) is 5.38. The lowest BCUT2D eigenvalue weighted by molar-refractivity contribution is 0.0908. The fraction of sp³-hybridized carbons (Fsp3) is 0.350. The van der Waals surface area contributed by atoms with Gasteiger partial charge in [0.25, 0.3) is 0 Å². The fourth-order valence-electron chi connectivity index (χ4n) is 3.99. The quantitative estimate of drug-likeness (QED) is 0.782. The minimum Gasteiger partial charge on any atom is -0.454 e. The highest BCUT2D eigenvalue weighted by atomic mass is 16.7. The minimum atomic E-state index is 0.278. The van der Waals surface area contributed by atoms with Gasteiger partial charge in [-0.15, -0.1) is 0 Å². The molecule has 0 saturated carbocycles. The third kappa shape index (κ3) is 2.41. The molecule has 0 amide bonds. The average molecular weight is 351 g/mol. The second-order valence-corrected chi connectivity index (χ2v) is 6.85. The van der Waals surface area contributed by atoms with Gasteiger partial charge in [-0.25, -0.2) is 4.98 Å². The zero-order chi connectivity index (χ0) is 17.7. The summed E-state index contributed by atoms with van der Waals surface area (Å²) in [5.41, 5.74) is 4.70. The van der Waals surface area contributed by atoms with E-state index < -0.39 is 0 Å². The van der Waals surface area contributed by atoms with Crippen LogP contribution in [0, 0.1) is 0 Å². The number of benzene rings is 1. The maximum atomic E-state index is 5.58. The lowest BCUT2D eigenvalue weighted by atomic mass is 9.93. The van der Waals surface area contributed by atoms with Crippen molar-refractivity contribution in [2.45, 2.75) is 25.4 Å². The van der Waals surface area contributed by atoms with Crippen molar-refractivity contribution in [1.82, 2.24) is 9.55 Å². The molecule has 5 rings (SSSR count). The molecule has 134 valence electrons. The molecule has 1 unspecified atom stereocenters. The third-order valence-corrected chi connectivity index (χ3v) is 5.38. The first-order chi connectivity index (χ1) is 12.7. The minimum absolute atomic E-state index is 0.278. The Kier molecular flexibility index (Phi) is 3.53. The van der Waals surface area contributed by atoms with Crippen molar-refractivity contribution < 1.29 is 14.2 Å². The number of anilines is 2. The van der Waals surface area contributed by atoms with Crippen LogP contribution >= 0.6 is 0 Å². The molecule has 3 aromatic rings. The zero-order valence-electron chi connectivity index (χ0n) is 14.9. The monoisotopic (exact) mass is 351 g/mol. The number of hydrogen-bond donors (Lipinski definition) is 1. The maximum Gasteiger partial charge on any atom is 0.231 e. The first-order valence-corrected chi connectivity index (χ1v) is 8.89. The molecule has 0 spiro atoms. The molecule has 3 heterocycles. The molecule has 1 aliphatic carbocycles. The van der Waals surface area contributed by atoms with E-state index in [0.29, 0.717) is 6.10 Å². The molecule has 0 bridgehead atoms. The van der Waals surface area contributed by atoms with Crippen LogP contribution in [-0.2, 0) is 24.6 Å². The first kappa shape index (κ1) is 15.5. The molecule has 26 heavy (non-hydrogen) atoms. The smallest absolute Gasteiger partial charge is 0.231 e. The number of methoxy groups -OCH3 is 1. The van der Waals surface area contributed by atoms with Crippen LogP contribution in [0.3, 0.4) is 0 Å². The molecule has 0 radical (unpaired) electrons. The Labute approximate surface area is 151 Å². The van der Waals surface area contributed by atoms with E-state index >= 15 is 0 Å². The molecule has 1 aliphatic heterocycles. The van der Waals surface area contributed by atoms with E-state index in [9.17, 15) is 0 Å². The molecule has 1 atom stereocenters. The van der Waals surface area contributed by atoms with Gasteiger partial charge in [0.1, 0.15) is 11.5 Å². The number of aromatic nitrogens is 2. The predicted octanol–water partition coefficient (Wildman–Crippen LogP) is 3.55. The van der Waals surface area contributed by atoms with E-state index in [1.807, 2.05) is 24.3 Å². The number of fused-ring (bicyclic) bond motifs is 4. The number of ether oxygens (including phenoxy) is 3. The number of nitrogens with zero attached hydrogens (tertiary/aromatic N) is 2. The van der Waals surface area contributed by atoms with E-state index in [2.05, 4.69) is 23.0 Å². The summed E-state index contributed by atoms with van der Waals surface area (Å²) >= 11 is 0. The van der Waals surface area contributed by atoms with Gasteiger partial charge in [0, 0.05) is 43.4 Å². The van der Waals surface area contributed by atoms with Crippen LogP contribution < -0.4 is 14.8 Å². The normalized spacial score (nSPS) is 18.2. The lowest BCUT2D eigenvalue weighted by Crippen LogP contribution is -2.21. The summed E-state index contributed by atoms with van der Waals surface area (Å²) in [5, 5.41) is 4.59. The Balaban J connectivity index is 1.50. The fourth-order valence-corrected chi connectivity index (χ4v) is 3.99. The number of nitrogens with one attached hydrogen (secondary N) is 1. The Hall–Kier alpha value is -2.73. The van der Waals surface area contributed by atoms with Crippen molar-refractivity contribution in [3.63, 3.8) is 0 Å². The summed E-state index contributed by atoms with van der Waals surface area (Å²) in [7, 11) is 3.90. The van der Waals surface area contributed by atoms with Gasteiger partial charge in [-0.05, 0) is 42.7 Å². The van der Waals surface area contributed by atoms with Crippen molar-refractivity contribution in [2.75, 3.05) is 19.2 Å². The van der Waals surface area contributed by atoms with Crippen LogP contribution in [0.2, 0.25) is 0 Å². The molecule has 1 aromatic carbocycles. The molecule has 6 nitrogen and oxygen atoms in total. The molecule has 6 heteroatoms. The highest BCUT2D eigenvalue weighted by Crippen LogP contribution is 2.36. The Morgan fingerprint density at radius 1 is 1.19 bits per heavy atom. The van der Waals surface area contributed by atoms with Gasteiger partial charge in [-0.3, -0.25) is 0 Å². The molecule has 0 fully saturated rings. The van der Waals surface area contributed by atoms with Crippen LogP contribution in [0.25, 0.3) is 11.0 Å².